The Bertz CT molecular complexity index is 430. The van der Waals surface area contributed by atoms with E-state index in [4.69, 9.17) is 10.2 Å². The van der Waals surface area contributed by atoms with Gasteiger partial charge in [0.05, 0.1) is 17.7 Å². The molecule has 3 N–H and O–H groups in total. The molecule has 1 unspecified atom stereocenters. The van der Waals surface area contributed by atoms with E-state index in [1.54, 1.807) is 6.26 Å². The second-order valence-corrected chi connectivity index (χ2v) is 6.55. The van der Waals surface area contributed by atoms with E-state index in [1.807, 2.05) is 58.8 Å². The normalized spacial score (nSPS) is 14.4. The third kappa shape index (κ3) is 3.61. The van der Waals surface area contributed by atoms with Gasteiger partial charge in [-0.15, -0.1) is 0 Å². The van der Waals surface area contributed by atoms with Gasteiger partial charge in [0.15, 0.2) is 0 Å². The first kappa shape index (κ1) is 16.7. The molecule has 1 atom stereocenters. The largest absolute Gasteiger partial charge is 0.468 e. The lowest BCUT2D eigenvalue weighted by atomic mass is 9.74. The number of carbonyl (C=O) groups excluding carboxylic acids is 1. The molecule has 1 amide bonds. The average Bonchev–Trinajstić information content (AvgIpc) is 2.80. The van der Waals surface area contributed by atoms with Crippen molar-refractivity contribution in [2.75, 3.05) is 20.6 Å². The van der Waals surface area contributed by atoms with Crippen LogP contribution in [0.25, 0.3) is 0 Å². The van der Waals surface area contributed by atoms with Gasteiger partial charge in [0.25, 0.3) is 0 Å². The molecule has 114 valence electrons. The highest BCUT2D eigenvalue weighted by molar-refractivity contribution is 5.83. The lowest BCUT2D eigenvalue weighted by molar-refractivity contribution is -0.132. The van der Waals surface area contributed by atoms with Crippen molar-refractivity contribution in [2.24, 2.45) is 11.1 Å². The van der Waals surface area contributed by atoms with Gasteiger partial charge in [0, 0.05) is 12.1 Å². The Morgan fingerprint density at radius 1 is 1.40 bits per heavy atom. The van der Waals surface area contributed by atoms with Crippen LogP contribution >= 0.6 is 0 Å². The molecule has 1 aromatic heterocycles. The van der Waals surface area contributed by atoms with E-state index in [9.17, 15) is 4.79 Å². The first-order valence-corrected chi connectivity index (χ1v) is 6.84. The Morgan fingerprint density at radius 3 is 2.40 bits per heavy atom. The van der Waals surface area contributed by atoms with E-state index in [2.05, 4.69) is 5.32 Å². The zero-order chi connectivity index (χ0) is 15.6. The van der Waals surface area contributed by atoms with Crippen molar-refractivity contribution in [3.8, 4) is 0 Å². The minimum Gasteiger partial charge on any atom is -0.468 e. The molecule has 0 aliphatic carbocycles. The first-order chi connectivity index (χ1) is 9.07. The Balaban J connectivity index is 2.72. The Kier molecular flexibility index (Phi) is 5.00. The molecule has 0 saturated heterocycles. The number of furan rings is 1. The number of nitrogens with one attached hydrogen (secondary N) is 1. The van der Waals surface area contributed by atoms with Crippen molar-refractivity contribution in [1.82, 2.24) is 10.2 Å². The van der Waals surface area contributed by atoms with Crippen LogP contribution in [0.3, 0.4) is 0 Å². The highest BCUT2D eigenvalue weighted by Crippen LogP contribution is 2.28. The molecule has 0 aliphatic rings. The summed E-state index contributed by atoms with van der Waals surface area (Å²) in [5.41, 5.74) is 4.85. The average molecular weight is 281 g/mol. The van der Waals surface area contributed by atoms with Gasteiger partial charge in [-0.2, -0.15) is 0 Å². The monoisotopic (exact) mass is 281 g/mol. The van der Waals surface area contributed by atoms with E-state index in [0.717, 1.165) is 5.76 Å². The van der Waals surface area contributed by atoms with Crippen LogP contribution in [0.2, 0.25) is 0 Å². The van der Waals surface area contributed by atoms with Gasteiger partial charge in [-0.05, 0) is 53.9 Å². The summed E-state index contributed by atoms with van der Waals surface area (Å²) < 4.78 is 5.42. The summed E-state index contributed by atoms with van der Waals surface area (Å²) in [5, 5.41) is 2.98. The molecule has 0 saturated carbocycles. The predicted octanol–water partition coefficient (Wildman–Crippen LogP) is 1.76. The van der Waals surface area contributed by atoms with Gasteiger partial charge < -0.3 is 15.5 Å². The lowest BCUT2D eigenvalue weighted by Gasteiger charge is -2.37. The number of likely N-dealkylation sites (N-methyl/N-ethyl adjacent to an activating group) is 1. The summed E-state index contributed by atoms with van der Waals surface area (Å²) in [4.78, 5) is 14.4. The highest BCUT2D eigenvalue weighted by atomic mass is 16.3. The number of nitrogens with two attached hydrogens (primary N) is 1. The second-order valence-electron chi connectivity index (χ2n) is 6.55. The second kappa shape index (κ2) is 5.97. The Labute approximate surface area is 121 Å². The quantitative estimate of drug-likeness (QED) is 0.833. The number of carbonyl (C=O) groups is 1. The molecule has 20 heavy (non-hydrogen) atoms. The standard InChI is InChI=1S/C15H27N3O2/c1-14(2,15(3,4)16)13(19)17-10-11(18(5)6)12-8-7-9-20-12/h7-9,11H,10,16H2,1-6H3,(H,17,19). The fraction of sp³-hybridized carbons (Fsp3) is 0.667. The van der Waals surface area contributed by atoms with Gasteiger partial charge in [0.2, 0.25) is 5.91 Å². The van der Waals surface area contributed by atoms with E-state index >= 15 is 0 Å². The van der Waals surface area contributed by atoms with Crippen LogP contribution in [-0.2, 0) is 4.79 Å². The first-order valence-electron chi connectivity index (χ1n) is 6.84. The Hall–Kier alpha value is -1.33. The number of nitrogens with zero attached hydrogens (tertiary/aromatic N) is 1. The van der Waals surface area contributed by atoms with Crippen molar-refractivity contribution in [1.29, 1.82) is 0 Å². The summed E-state index contributed by atoms with van der Waals surface area (Å²) in [7, 11) is 3.91. The third-order valence-corrected chi connectivity index (χ3v) is 4.13. The molecule has 1 rings (SSSR count). The molecule has 0 radical (unpaired) electrons. The fourth-order valence-corrected chi connectivity index (χ4v) is 1.72. The summed E-state index contributed by atoms with van der Waals surface area (Å²) in [6.07, 6.45) is 1.64. The molecular formula is C15H27N3O2. The number of amides is 1. The van der Waals surface area contributed by atoms with Crippen LogP contribution in [0.1, 0.15) is 39.5 Å². The van der Waals surface area contributed by atoms with Gasteiger partial charge in [-0.1, -0.05) is 0 Å². The van der Waals surface area contributed by atoms with E-state index in [1.165, 1.54) is 0 Å². The highest BCUT2D eigenvalue weighted by Gasteiger charge is 2.40. The fourth-order valence-electron chi connectivity index (χ4n) is 1.72. The minimum atomic E-state index is -0.646. The van der Waals surface area contributed by atoms with Gasteiger partial charge >= 0.3 is 0 Å². The predicted molar refractivity (Wildman–Crippen MR) is 80.2 cm³/mol. The van der Waals surface area contributed by atoms with Crippen molar-refractivity contribution >= 4 is 5.91 Å². The molecule has 0 spiro atoms. The number of hydrogen-bond donors (Lipinski definition) is 2. The maximum absolute atomic E-state index is 12.4. The summed E-state index contributed by atoms with van der Waals surface area (Å²) in [6.45, 7) is 7.93. The zero-order valence-corrected chi connectivity index (χ0v) is 13.4. The van der Waals surface area contributed by atoms with E-state index < -0.39 is 11.0 Å². The number of hydrogen-bond acceptors (Lipinski definition) is 4. The van der Waals surface area contributed by atoms with Crippen LogP contribution in [0.4, 0.5) is 0 Å². The summed E-state index contributed by atoms with van der Waals surface area (Å²) in [6, 6.07) is 3.76. The van der Waals surface area contributed by atoms with Crippen molar-refractivity contribution in [3.63, 3.8) is 0 Å². The van der Waals surface area contributed by atoms with Gasteiger partial charge in [-0.3, -0.25) is 9.69 Å². The molecule has 1 aromatic rings. The van der Waals surface area contributed by atoms with Gasteiger partial charge in [-0.25, -0.2) is 0 Å². The van der Waals surface area contributed by atoms with Crippen LogP contribution in [-0.4, -0.2) is 37.0 Å². The molecule has 0 aromatic carbocycles. The molecular weight excluding hydrogens is 254 g/mol. The summed E-state index contributed by atoms with van der Waals surface area (Å²) >= 11 is 0. The SMILES string of the molecule is CN(C)C(CNC(=O)C(C)(C)C(C)(C)N)c1ccco1. The maximum Gasteiger partial charge on any atom is 0.227 e. The van der Waals surface area contributed by atoms with E-state index in [0.29, 0.717) is 6.54 Å². The zero-order valence-electron chi connectivity index (χ0n) is 13.4. The minimum absolute atomic E-state index is 0.00522. The number of rotatable bonds is 6. The molecule has 1 heterocycles. The molecule has 5 nitrogen and oxygen atoms in total. The van der Waals surface area contributed by atoms with Crippen LogP contribution in [0.15, 0.2) is 22.8 Å². The molecule has 5 heteroatoms. The smallest absolute Gasteiger partial charge is 0.227 e. The topological polar surface area (TPSA) is 71.5 Å². The lowest BCUT2D eigenvalue weighted by Crippen LogP contribution is -2.56. The third-order valence-electron chi connectivity index (χ3n) is 4.13. The van der Waals surface area contributed by atoms with Crippen molar-refractivity contribution in [2.45, 2.75) is 39.3 Å². The maximum atomic E-state index is 12.4. The molecule has 0 aliphatic heterocycles. The van der Waals surface area contributed by atoms with Crippen molar-refractivity contribution < 1.29 is 9.21 Å². The van der Waals surface area contributed by atoms with Crippen LogP contribution in [0.5, 0.6) is 0 Å². The molecule has 0 fully saturated rings. The summed E-state index contributed by atoms with van der Waals surface area (Å²) in [5.74, 6) is 0.781. The van der Waals surface area contributed by atoms with E-state index in [-0.39, 0.29) is 11.9 Å². The molecule has 0 bridgehead atoms. The van der Waals surface area contributed by atoms with Gasteiger partial charge in [0.1, 0.15) is 5.76 Å². The van der Waals surface area contributed by atoms with Crippen molar-refractivity contribution in [3.05, 3.63) is 24.2 Å². The van der Waals surface area contributed by atoms with Crippen LogP contribution < -0.4 is 11.1 Å². The Morgan fingerprint density at radius 2 is 2.00 bits per heavy atom. The van der Waals surface area contributed by atoms with Crippen LogP contribution in [0, 0.1) is 5.41 Å².